The number of hydrogen-bond donors (Lipinski definition) is 2. The van der Waals surface area contributed by atoms with Gasteiger partial charge in [-0.3, -0.25) is 19.2 Å². The fourth-order valence-corrected chi connectivity index (χ4v) is 4.59. The molecule has 2 N–H and O–H groups in total. The third-order valence-corrected chi connectivity index (χ3v) is 7.43. The average Bonchev–Trinajstić information content (AvgIpc) is 2.95. The topological polar surface area (TPSA) is 151 Å². The number of rotatable bonds is 5. The zero-order valence-corrected chi connectivity index (χ0v) is 26.6. The monoisotopic (exact) mass is 602 g/mol. The smallest absolute Gasteiger partial charge is 0.329 e. The first-order valence-corrected chi connectivity index (χ1v) is 14.6. The summed E-state index contributed by atoms with van der Waals surface area (Å²) in [5, 5.41) is 5.19. The second-order valence-electron chi connectivity index (χ2n) is 11.9. The third-order valence-electron chi connectivity index (χ3n) is 7.43. The molecular weight excluding hydrogens is 556 g/mol. The van der Waals surface area contributed by atoms with Crippen molar-refractivity contribution in [3.05, 3.63) is 35.9 Å². The summed E-state index contributed by atoms with van der Waals surface area (Å²) in [4.78, 5) is 82.3. The standard InChI is InChI=1S/C31H46N4O8/c1-17(2)15-24-29(39)35(9)23(16-22-13-11-10-12-14-22)26(36)32-19(5)28(38)34(8)21(7)31(41)43-25(18(3)4)27(37)33-20(6)30(40)42-24/h10-14,17-21,23-25H,15-16H2,1-9H3,(H,32,36)(H,33,37). The highest BCUT2D eigenvalue weighted by atomic mass is 16.6. The molecule has 0 aliphatic carbocycles. The Bertz CT molecular complexity index is 1170. The number of benzene rings is 1. The lowest BCUT2D eigenvalue weighted by Crippen LogP contribution is -2.57. The second-order valence-corrected chi connectivity index (χ2v) is 11.9. The van der Waals surface area contributed by atoms with Gasteiger partial charge >= 0.3 is 11.9 Å². The number of esters is 2. The molecule has 1 aliphatic heterocycles. The molecule has 238 valence electrons. The van der Waals surface area contributed by atoms with Crippen molar-refractivity contribution in [2.75, 3.05) is 14.1 Å². The van der Waals surface area contributed by atoms with Crippen molar-refractivity contribution in [1.82, 2.24) is 20.4 Å². The van der Waals surface area contributed by atoms with E-state index in [-0.39, 0.29) is 18.8 Å². The summed E-state index contributed by atoms with van der Waals surface area (Å²) in [6, 6.07) is 4.67. The summed E-state index contributed by atoms with van der Waals surface area (Å²) < 4.78 is 11.1. The van der Waals surface area contributed by atoms with E-state index in [1.165, 1.54) is 39.8 Å². The minimum Gasteiger partial charge on any atom is -0.451 e. The lowest BCUT2D eigenvalue weighted by Gasteiger charge is -2.33. The molecule has 1 heterocycles. The molecular formula is C31H46N4O8. The quantitative estimate of drug-likeness (QED) is 0.481. The highest BCUT2D eigenvalue weighted by molar-refractivity contribution is 5.95. The Labute approximate surface area is 253 Å². The van der Waals surface area contributed by atoms with Gasteiger partial charge in [0, 0.05) is 20.5 Å². The molecule has 4 amide bonds. The van der Waals surface area contributed by atoms with Crippen LogP contribution in [-0.4, -0.2) is 95.8 Å². The average molecular weight is 603 g/mol. The SMILES string of the molecule is CC(C)CC1OC(=O)C(C)NC(=O)C(C(C)C)OC(=O)C(C)N(C)C(=O)C(C)NC(=O)C(Cc2ccccc2)N(C)C1=O. The summed E-state index contributed by atoms with van der Waals surface area (Å²) in [5.74, 6) is -4.69. The van der Waals surface area contributed by atoms with Crippen molar-refractivity contribution in [2.24, 2.45) is 11.8 Å². The van der Waals surface area contributed by atoms with Gasteiger partial charge in [0.1, 0.15) is 24.2 Å². The largest absolute Gasteiger partial charge is 0.451 e. The number of nitrogens with one attached hydrogen (secondary N) is 2. The van der Waals surface area contributed by atoms with E-state index in [2.05, 4.69) is 10.6 Å². The maximum absolute atomic E-state index is 13.8. The highest BCUT2D eigenvalue weighted by Crippen LogP contribution is 2.18. The van der Waals surface area contributed by atoms with Crippen LogP contribution in [0.25, 0.3) is 0 Å². The Kier molecular flexibility index (Phi) is 12.7. The van der Waals surface area contributed by atoms with Gasteiger partial charge < -0.3 is 29.9 Å². The van der Waals surface area contributed by atoms with Gasteiger partial charge in [0.2, 0.25) is 11.8 Å². The molecule has 0 aromatic heterocycles. The minimum atomic E-state index is -1.26. The molecule has 6 unspecified atom stereocenters. The van der Waals surface area contributed by atoms with Crippen LogP contribution in [0.15, 0.2) is 30.3 Å². The first-order chi connectivity index (χ1) is 20.0. The number of cyclic esters (lactones) is 2. The number of carbonyl (C=O) groups excluding carboxylic acids is 6. The zero-order chi connectivity index (χ0) is 32.6. The molecule has 1 saturated heterocycles. The van der Waals surface area contributed by atoms with Gasteiger partial charge in [-0.05, 0) is 44.6 Å². The molecule has 2 rings (SSSR count). The molecule has 1 aromatic rings. The first-order valence-electron chi connectivity index (χ1n) is 14.6. The number of likely N-dealkylation sites (N-methyl/N-ethyl adjacent to an activating group) is 2. The Hall–Kier alpha value is -3.96. The summed E-state index contributed by atoms with van der Waals surface area (Å²) in [6.45, 7) is 11.4. The molecule has 1 aliphatic rings. The van der Waals surface area contributed by atoms with E-state index in [0.29, 0.717) is 0 Å². The molecule has 1 fully saturated rings. The van der Waals surface area contributed by atoms with Crippen molar-refractivity contribution in [1.29, 1.82) is 0 Å². The summed E-state index contributed by atoms with van der Waals surface area (Å²) >= 11 is 0. The van der Waals surface area contributed by atoms with Crippen LogP contribution in [0.2, 0.25) is 0 Å². The summed E-state index contributed by atoms with van der Waals surface area (Å²) in [7, 11) is 2.84. The highest BCUT2D eigenvalue weighted by Gasteiger charge is 2.38. The number of nitrogens with zero attached hydrogens (tertiary/aromatic N) is 2. The van der Waals surface area contributed by atoms with E-state index in [1.807, 2.05) is 32.0 Å². The maximum Gasteiger partial charge on any atom is 0.329 e. The molecule has 43 heavy (non-hydrogen) atoms. The van der Waals surface area contributed by atoms with Crippen LogP contribution in [0.1, 0.15) is 60.5 Å². The van der Waals surface area contributed by atoms with Crippen molar-refractivity contribution < 1.29 is 38.2 Å². The Morgan fingerprint density at radius 2 is 1.33 bits per heavy atom. The van der Waals surface area contributed by atoms with E-state index in [1.54, 1.807) is 26.0 Å². The summed E-state index contributed by atoms with van der Waals surface area (Å²) in [5.41, 5.74) is 0.769. The second kappa shape index (κ2) is 15.5. The van der Waals surface area contributed by atoms with Crippen LogP contribution in [-0.2, 0) is 44.7 Å². The number of amides is 4. The minimum absolute atomic E-state index is 0.0563. The van der Waals surface area contributed by atoms with Gasteiger partial charge in [-0.1, -0.05) is 58.0 Å². The molecule has 6 atom stereocenters. The first kappa shape index (κ1) is 35.2. The Morgan fingerprint density at radius 1 is 0.744 bits per heavy atom. The van der Waals surface area contributed by atoms with Crippen LogP contribution >= 0.6 is 0 Å². The molecule has 0 radical (unpaired) electrons. The van der Waals surface area contributed by atoms with Gasteiger partial charge in [0.05, 0.1) is 0 Å². The molecule has 0 bridgehead atoms. The van der Waals surface area contributed by atoms with Gasteiger partial charge in [-0.2, -0.15) is 0 Å². The van der Waals surface area contributed by atoms with E-state index >= 15 is 0 Å². The molecule has 12 heteroatoms. The normalized spacial score (nSPS) is 27.3. The van der Waals surface area contributed by atoms with Crippen molar-refractivity contribution in [3.8, 4) is 0 Å². The van der Waals surface area contributed by atoms with Gasteiger partial charge in [0.15, 0.2) is 12.2 Å². The van der Waals surface area contributed by atoms with Crippen LogP contribution in [0, 0.1) is 11.8 Å². The van der Waals surface area contributed by atoms with E-state index in [9.17, 15) is 28.8 Å². The van der Waals surface area contributed by atoms with Crippen molar-refractivity contribution >= 4 is 35.6 Å². The molecule has 12 nitrogen and oxygen atoms in total. The predicted octanol–water partition coefficient (Wildman–Crippen LogP) is 1.45. The molecule has 0 saturated carbocycles. The number of carbonyl (C=O) groups is 6. The van der Waals surface area contributed by atoms with Crippen LogP contribution in [0.5, 0.6) is 0 Å². The Morgan fingerprint density at radius 3 is 1.88 bits per heavy atom. The number of ether oxygens (including phenoxy) is 2. The number of hydrogen-bond acceptors (Lipinski definition) is 8. The molecule has 0 spiro atoms. The predicted molar refractivity (Wildman–Crippen MR) is 158 cm³/mol. The summed E-state index contributed by atoms with van der Waals surface area (Å²) in [6.07, 6.45) is -2.21. The van der Waals surface area contributed by atoms with Gasteiger partial charge in [0.25, 0.3) is 11.8 Å². The Balaban J connectivity index is 2.55. The lowest BCUT2D eigenvalue weighted by atomic mass is 10.0. The zero-order valence-electron chi connectivity index (χ0n) is 26.6. The fourth-order valence-electron chi connectivity index (χ4n) is 4.59. The third kappa shape index (κ3) is 9.52. The van der Waals surface area contributed by atoms with Gasteiger partial charge in [-0.25, -0.2) is 9.59 Å². The van der Waals surface area contributed by atoms with E-state index in [4.69, 9.17) is 9.47 Å². The maximum atomic E-state index is 13.8. The van der Waals surface area contributed by atoms with E-state index in [0.717, 1.165) is 10.5 Å². The van der Waals surface area contributed by atoms with Crippen molar-refractivity contribution in [3.63, 3.8) is 0 Å². The lowest BCUT2D eigenvalue weighted by molar-refractivity contribution is -0.168. The van der Waals surface area contributed by atoms with Crippen LogP contribution in [0.4, 0.5) is 0 Å². The van der Waals surface area contributed by atoms with Crippen LogP contribution in [0.3, 0.4) is 0 Å². The van der Waals surface area contributed by atoms with E-state index < -0.39 is 77.9 Å². The van der Waals surface area contributed by atoms with Gasteiger partial charge in [-0.15, -0.1) is 0 Å². The van der Waals surface area contributed by atoms with Crippen LogP contribution < -0.4 is 10.6 Å². The molecule has 1 aromatic carbocycles. The van der Waals surface area contributed by atoms with Crippen molar-refractivity contribution in [2.45, 2.75) is 97.7 Å². The fraction of sp³-hybridized carbons (Fsp3) is 0.613.